The number of benzene rings is 2. The summed E-state index contributed by atoms with van der Waals surface area (Å²) in [5.74, 6) is 0. The van der Waals surface area contributed by atoms with Crippen molar-refractivity contribution in [2.75, 3.05) is 32.8 Å². The van der Waals surface area contributed by atoms with Crippen LogP contribution in [0.2, 0.25) is 5.02 Å². The SMILES string of the molecule is CCc1ccc(S(=O)(=O)NC[C@@H](c2ccccc2Cl)N2CCOCC2)cc1. The summed E-state index contributed by atoms with van der Waals surface area (Å²) in [5, 5.41) is 0.639. The normalized spacial score (nSPS) is 17.0. The van der Waals surface area contributed by atoms with Gasteiger partial charge in [-0.2, -0.15) is 0 Å². The molecule has 27 heavy (non-hydrogen) atoms. The maximum Gasteiger partial charge on any atom is 0.240 e. The van der Waals surface area contributed by atoms with Gasteiger partial charge in [-0.1, -0.05) is 48.9 Å². The first-order valence-corrected chi connectivity index (χ1v) is 11.0. The van der Waals surface area contributed by atoms with E-state index in [-0.39, 0.29) is 17.5 Å². The zero-order chi connectivity index (χ0) is 19.3. The Balaban J connectivity index is 1.80. The van der Waals surface area contributed by atoms with E-state index in [0.717, 1.165) is 30.6 Å². The highest BCUT2D eigenvalue weighted by atomic mass is 35.5. The van der Waals surface area contributed by atoms with Crippen LogP contribution >= 0.6 is 11.6 Å². The summed E-state index contributed by atoms with van der Waals surface area (Å²) in [4.78, 5) is 2.49. The number of sulfonamides is 1. The molecule has 1 aliphatic heterocycles. The minimum Gasteiger partial charge on any atom is -0.379 e. The van der Waals surface area contributed by atoms with Crippen LogP contribution < -0.4 is 4.72 Å². The molecule has 1 N–H and O–H groups in total. The maximum atomic E-state index is 12.7. The monoisotopic (exact) mass is 408 g/mol. The van der Waals surface area contributed by atoms with E-state index in [1.54, 1.807) is 12.1 Å². The third-order valence-electron chi connectivity index (χ3n) is 4.86. The zero-order valence-electron chi connectivity index (χ0n) is 15.4. The number of ether oxygens (including phenoxy) is 1. The number of hydrogen-bond acceptors (Lipinski definition) is 4. The van der Waals surface area contributed by atoms with Crippen molar-refractivity contribution in [1.29, 1.82) is 0 Å². The molecule has 1 fully saturated rings. The van der Waals surface area contributed by atoms with Crippen LogP contribution in [0.3, 0.4) is 0 Å². The Hall–Kier alpha value is -1.44. The molecule has 5 nitrogen and oxygen atoms in total. The fraction of sp³-hybridized carbons (Fsp3) is 0.400. The summed E-state index contributed by atoms with van der Waals surface area (Å²) in [6, 6.07) is 14.4. The summed E-state index contributed by atoms with van der Waals surface area (Å²) >= 11 is 6.40. The summed E-state index contributed by atoms with van der Waals surface area (Å²) in [7, 11) is -3.59. The molecule has 1 heterocycles. The second-order valence-corrected chi connectivity index (χ2v) is 8.71. The van der Waals surface area contributed by atoms with Gasteiger partial charge in [0.2, 0.25) is 10.0 Å². The van der Waals surface area contributed by atoms with Crippen molar-refractivity contribution in [1.82, 2.24) is 9.62 Å². The van der Waals surface area contributed by atoms with Gasteiger partial charge in [0.05, 0.1) is 18.1 Å². The Kier molecular flexibility index (Phi) is 6.89. The molecule has 3 rings (SSSR count). The van der Waals surface area contributed by atoms with Gasteiger partial charge in [0.15, 0.2) is 0 Å². The highest BCUT2D eigenvalue weighted by Crippen LogP contribution is 2.28. The molecular weight excluding hydrogens is 384 g/mol. The van der Waals surface area contributed by atoms with Crippen molar-refractivity contribution in [3.63, 3.8) is 0 Å². The Bertz CT molecular complexity index is 850. The van der Waals surface area contributed by atoms with Gasteiger partial charge in [-0.15, -0.1) is 0 Å². The van der Waals surface area contributed by atoms with Crippen LogP contribution in [0.25, 0.3) is 0 Å². The van der Waals surface area contributed by atoms with E-state index in [9.17, 15) is 8.42 Å². The van der Waals surface area contributed by atoms with Gasteiger partial charge in [-0.05, 0) is 35.7 Å². The summed E-state index contributed by atoms with van der Waals surface area (Å²) < 4.78 is 33.7. The maximum absolute atomic E-state index is 12.7. The molecule has 0 radical (unpaired) electrons. The molecular formula is C20H25ClN2O3S. The van der Waals surface area contributed by atoms with Crippen molar-refractivity contribution in [2.24, 2.45) is 0 Å². The lowest BCUT2D eigenvalue weighted by Gasteiger charge is -2.35. The van der Waals surface area contributed by atoms with E-state index >= 15 is 0 Å². The van der Waals surface area contributed by atoms with Gasteiger partial charge >= 0.3 is 0 Å². The predicted octanol–water partition coefficient (Wildman–Crippen LogP) is 3.25. The molecule has 146 valence electrons. The molecule has 1 atom stereocenters. The van der Waals surface area contributed by atoms with Crippen molar-refractivity contribution in [3.8, 4) is 0 Å². The molecule has 0 aliphatic carbocycles. The summed E-state index contributed by atoms with van der Waals surface area (Å²) in [6.45, 7) is 5.03. The zero-order valence-corrected chi connectivity index (χ0v) is 17.0. The van der Waals surface area contributed by atoms with E-state index in [2.05, 4.69) is 9.62 Å². The van der Waals surface area contributed by atoms with E-state index in [1.807, 2.05) is 43.3 Å². The lowest BCUT2D eigenvalue weighted by Crippen LogP contribution is -2.43. The second kappa shape index (κ2) is 9.17. The highest BCUT2D eigenvalue weighted by Gasteiger charge is 2.26. The van der Waals surface area contributed by atoms with Crippen LogP contribution in [-0.4, -0.2) is 46.2 Å². The molecule has 0 bridgehead atoms. The molecule has 0 saturated carbocycles. The topological polar surface area (TPSA) is 58.6 Å². The summed E-state index contributed by atoms with van der Waals surface area (Å²) in [6.07, 6.45) is 0.874. The quantitative estimate of drug-likeness (QED) is 0.764. The average molecular weight is 409 g/mol. The first-order valence-electron chi connectivity index (χ1n) is 9.16. The number of morpholine rings is 1. The molecule has 0 spiro atoms. The van der Waals surface area contributed by atoms with E-state index in [1.165, 1.54) is 0 Å². The van der Waals surface area contributed by atoms with Gasteiger partial charge < -0.3 is 4.74 Å². The Morgan fingerprint density at radius 2 is 1.78 bits per heavy atom. The van der Waals surface area contributed by atoms with Crippen LogP contribution in [0.4, 0.5) is 0 Å². The van der Waals surface area contributed by atoms with Crippen LogP contribution in [0, 0.1) is 0 Å². The molecule has 7 heteroatoms. The standard InChI is InChI=1S/C20H25ClN2O3S/c1-2-16-7-9-17(10-8-16)27(24,25)22-15-20(23-11-13-26-14-12-23)18-5-3-4-6-19(18)21/h3-10,20,22H,2,11-15H2,1H3/t20-/m0/s1. The van der Waals surface area contributed by atoms with E-state index in [0.29, 0.717) is 18.2 Å². The molecule has 1 saturated heterocycles. The number of halogens is 1. The molecule has 0 unspecified atom stereocenters. The van der Waals surface area contributed by atoms with Crippen LogP contribution in [0.15, 0.2) is 53.4 Å². The van der Waals surface area contributed by atoms with Crippen LogP contribution in [0.5, 0.6) is 0 Å². The first-order chi connectivity index (χ1) is 13.0. The number of rotatable bonds is 7. The van der Waals surface area contributed by atoms with Gasteiger partial charge in [-0.25, -0.2) is 13.1 Å². The highest BCUT2D eigenvalue weighted by molar-refractivity contribution is 7.89. The lowest BCUT2D eigenvalue weighted by molar-refractivity contribution is 0.0172. The molecule has 2 aromatic carbocycles. The number of nitrogens with zero attached hydrogens (tertiary/aromatic N) is 1. The molecule has 0 amide bonds. The van der Waals surface area contributed by atoms with E-state index in [4.69, 9.17) is 16.3 Å². The Morgan fingerprint density at radius 1 is 1.11 bits per heavy atom. The van der Waals surface area contributed by atoms with Crippen molar-refractivity contribution in [2.45, 2.75) is 24.3 Å². The minimum atomic E-state index is -3.59. The average Bonchev–Trinajstić information content (AvgIpc) is 2.70. The predicted molar refractivity (Wildman–Crippen MR) is 108 cm³/mol. The Labute approximate surface area is 166 Å². The van der Waals surface area contributed by atoms with Crippen LogP contribution in [0.1, 0.15) is 24.1 Å². The summed E-state index contributed by atoms with van der Waals surface area (Å²) in [5.41, 5.74) is 2.03. The van der Waals surface area contributed by atoms with Gasteiger partial charge in [0.25, 0.3) is 0 Å². The Morgan fingerprint density at radius 3 is 2.41 bits per heavy atom. The van der Waals surface area contributed by atoms with Gasteiger partial charge in [0, 0.05) is 30.7 Å². The molecule has 1 aliphatic rings. The molecule has 2 aromatic rings. The third kappa shape index (κ3) is 5.09. The number of aryl methyl sites for hydroxylation is 1. The van der Waals surface area contributed by atoms with Gasteiger partial charge in [0.1, 0.15) is 0 Å². The third-order valence-corrected chi connectivity index (χ3v) is 6.64. The smallest absolute Gasteiger partial charge is 0.240 e. The van der Waals surface area contributed by atoms with Crippen molar-refractivity contribution < 1.29 is 13.2 Å². The van der Waals surface area contributed by atoms with Gasteiger partial charge in [-0.3, -0.25) is 4.90 Å². The molecule has 0 aromatic heterocycles. The fourth-order valence-electron chi connectivity index (χ4n) is 3.25. The first kappa shape index (κ1) is 20.3. The van der Waals surface area contributed by atoms with Crippen molar-refractivity contribution in [3.05, 3.63) is 64.7 Å². The fourth-order valence-corrected chi connectivity index (χ4v) is 4.55. The van der Waals surface area contributed by atoms with E-state index < -0.39 is 10.0 Å². The minimum absolute atomic E-state index is 0.146. The van der Waals surface area contributed by atoms with Crippen LogP contribution in [-0.2, 0) is 21.2 Å². The second-order valence-electron chi connectivity index (χ2n) is 6.54. The number of nitrogens with one attached hydrogen (secondary N) is 1. The largest absolute Gasteiger partial charge is 0.379 e. The number of hydrogen-bond donors (Lipinski definition) is 1. The lowest BCUT2D eigenvalue weighted by atomic mass is 10.0. The van der Waals surface area contributed by atoms with Crippen molar-refractivity contribution >= 4 is 21.6 Å².